The number of nitrogens with zero attached hydrogens (tertiary/aromatic N) is 2. The third-order valence-electron chi connectivity index (χ3n) is 4.70. The quantitative estimate of drug-likeness (QED) is 0.889. The van der Waals surface area contributed by atoms with E-state index in [0.717, 1.165) is 30.7 Å². The Kier molecular flexibility index (Phi) is 6.01. The van der Waals surface area contributed by atoms with Crippen molar-refractivity contribution in [3.8, 4) is 0 Å². The molecule has 3 unspecified atom stereocenters. The first-order chi connectivity index (χ1) is 10.4. The van der Waals surface area contributed by atoms with Crippen molar-refractivity contribution in [1.82, 2.24) is 9.80 Å². The van der Waals surface area contributed by atoms with Gasteiger partial charge in [0.1, 0.15) is 0 Å². The van der Waals surface area contributed by atoms with E-state index in [0.29, 0.717) is 6.04 Å². The molecular weight excluding hydrogens is 342 g/mol. The number of amides is 1. The van der Waals surface area contributed by atoms with Gasteiger partial charge in [-0.25, -0.2) is 0 Å². The van der Waals surface area contributed by atoms with Gasteiger partial charge in [0.05, 0.1) is 5.92 Å². The van der Waals surface area contributed by atoms with Crippen molar-refractivity contribution in [2.45, 2.75) is 32.9 Å². The SMILES string of the molecule is CC(N)C(C)C(=O)N1CCN(C(C)c2ccc(Br)cc2)CC1. The van der Waals surface area contributed by atoms with Crippen LogP contribution in [0.4, 0.5) is 0 Å². The summed E-state index contributed by atoms with van der Waals surface area (Å²) in [5.74, 6) is 0.0846. The van der Waals surface area contributed by atoms with Gasteiger partial charge < -0.3 is 10.6 Å². The average Bonchev–Trinajstić information content (AvgIpc) is 2.53. The molecule has 0 spiro atoms. The van der Waals surface area contributed by atoms with Crippen LogP contribution in [0, 0.1) is 5.92 Å². The normalized spacial score (nSPS) is 20.5. The fourth-order valence-electron chi connectivity index (χ4n) is 2.79. The van der Waals surface area contributed by atoms with E-state index < -0.39 is 0 Å². The molecule has 0 aromatic heterocycles. The summed E-state index contributed by atoms with van der Waals surface area (Å²) >= 11 is 3.47. The summed E-state index contributed by atoms with van der Waals surface area (Å²) in [4.78, 5) is 16.7. The highest BCUT2D eigenvalue weighted by atomic mass is 79.9. The van der Waals surface area contributed by atoms with Crippen LogP contribution in [-0.4, -0.2) is 47.9 Å². The lowest BCUT2D eigenvalue weighted by Gasteiger charge is -2.39. The first kappa shape index (κ1) is 17.4. The predicted molar refractivity (Wildman–Crippen MR) is 93.5 cm³/mol. The lowest BCUT2D eigenvalue weighted by molar-refractivity contribution is -0.137. The molecule has 1 aromatic rings. The van der Waals surface area contributed by atoms with Crippen LogP contribution < -0.4 is 5.73 Å². The van der Waals surface area contributed by atoms with E-state index in [4.69, 9.17) is 5.73 Å². The molecule has 1 aliphatic rings. The molecule has 0 bridgehead atoms. The van der Waals surface area contributed by atoms with Gasteiger partial charge in [0.25, 0.3) is 0 Å². The van der Waals surface area contributed by atoms with Gasteiger partial charge in [-0.1, -0.05) is 35.0 Å². The number of benzene rings is 1. The van der Waals surface area contributed by atoms with Crippen molar-refractivity contribution in [2.24, 2.45) is 11.7 Å². The summed E-state index contributed by atoms with van der Waals surface area (Å²) in [6.45, 7) is 9.44. The number of carbonyl (C=O) groups excluding carboxylic acids is 1. The molecule has 0 aliphatic carbocycles. The fraction of sp³-hybridized carbons (Fsp3) is 0.588. The Morgan fingerprint density at radius 2 is 1.64 bits per heavy atom. The summed E-state index contributed by atoms with van der Waals surface area (Å²) in [5.41, 5.74) is 7.16. The van der Waals surface area contributed by atoms with E-state index in [1.807, 2.05) is 18.7 Å². The van der Waals surface area contributed by atoms with E-state index in [1.54, 1.807) is 0 Å². The Balaban J connectivity index is 1.91. The Morgan fingerprint density at radius 3 is 2.14 bits per heavy atom. The van der Waals surface area contributed by atoms with Gasteiger partial charge in [0.2, 0.25) is 5.91 Å². The lowest BCUT2D eigenvalue weighted by Crippen LogP contribution is -2.52. The molecule has 5 heteroatoms. The fourth-order valence-corrected chi connectivity index (χ4v) is 3.06. The molecule has 1 aliphatic heterocycles. The molecule has 4 nitrogen and oxygen atoms in total. The van der Waals surface area contributed by atoms with E-state index >= 15 is 0 Å². The molecule has 1 saturated heterocycles. The summed E-state index contributed by atoms with van der Waals surface area (Å²) < 4.78 is 1.10. The largest absolute Gasteiger partial charge is 0.340 e. The standard InChI is InChI=1S/C17H26BrN3O/c1-12(13(2)19)17(22)21-10-8-20(9-11-21)14(3)15-4-6-16(18)7-5-15/h4-7,12-14H,8-11,19H2,1-3H3. The highest BCUT2D eigenvalue weighted by Crippen LogP contribution is 2.23. The van der Waals surface area contributed by atoms with E-state index in [1.165, 1.54) is 5.56 Å². The monoisotopic (exact) mass is 367 g/mol. The van der Waals surface area contributed by atoms with Gasteiger partial charge >= 0.3 is 0 Å². The van der Waals surface area contributed by atoms with Gasteiger partial charge in [0.15, 0.2) is 0 Å². The number of halogens is 1. The van der Waals surface area contributed by atoms with Gasteiger partial charge in [0, 0.05) is 42.7 Å². The Labute approximate surface area is 141 Å². The molecular formula is C17H26BrN3O. The van der Waals surface area contributed by atoms with Crippen LogP contribution >= 0.6 is 15.9 Å². The van der Waals surface area contributed by atoms with E-state index in [-0.39, 0.29) is 17.9 Å². The van der Waals surface area contributed by atoms with Crippen molar-refractivity contribution < 1.29 is 4.79 Å². The second-order valence-corrected chi connectivity index (χ2v) is 7.15. The van der Waals surface area contributed by atoms with Crippen LogP contribution in [0.1, 0.15) is 32.4 Å². The van der Waals surface area contributed by atoms with Crippen molar-refractivity contribution in [2.75, 3.05) is 26.2 Å². The molecule has 1 heterocycles. The Bertz CT molecular complexity index is 495. The van der Waals surface area contributed by atoms with E-state index in [2.05, 4.69) is 52.0 Å². The Morgan fingerprint density at radius 1 is 1.09 bits per heavy atom. The smallest absolute Gasteiger partial charge is 0.227 e. The third-order valence-corrected chi connectivity index (χ3v) is 5.23. The minimum absolute atomic E-state index is 0.0905. The van der Waals surface area contributed by atoms with Crippen LogP contribution in [-0.2, 0) is 4.79 Å². The molecule has 0 saturated carbocycles. The van der Waals surface area contributed by atoms with Crippen molar-refractivity contribution in [1.29, 1.82) is 0 Å². The minimum atomic E-state index is -0.101. The average molecular weight is 368 g/mol. The Hall–Kier alpha value is -0.910. The summed E-state index contributed by atoms with van der Waals surface area (Å²) in [5, 5.41) is 0. The summed E-state index contributed by atoms with van der Waals surface area (Å²) in [6, 6.07) is 8.75. The second kappa shape index (κ2) is 7.57. The number of hydrogen-bond donors (Lipinski definition) is 1. The molecule has 3 atom stereocenters. The molecule has 122 valence electrons. The van der Waals surface area contributed by atoms with E-state index in [9.17, 15) is 4.79 Å². The molecule has 0 radical (unpaired) electrons. The molecule has 1 amide bonds. The maximum absolute atomic E-state index is 12.3. The zero-order valence-corrected chi connectivity index (χ0v) is 15.2. The predicted octanol–water partition coefficient (Wildman–Crippen LogP) is 2.64. The first-order valence-corrected chi connectivity index (χ1v) is 8.73. The molecule has 2 N–H and O–H groups in total. The van der Waals surface area contributed by atoms with Crippen LogP contribution in [0.15, 0.2) is 28.7 Å². The minimum Gasteiger partial charge on any atom is -0.340 e. The molecule has 1 aromatic carbocycles. The highest BCUT2D eigenvalue weighted by Gasteiger charge is 2.28. The number of nitrogens with two attached hydrogens (primary N) is 1. The van der Waals surface area contributed by atoms with Gasteiger partial charge in [-0.15, -0.1) is 0 Å². The van der Waals surface area contributed by atoms with Crippen LogP contribution in [0.2, 0.25) is 0 Å². The van der Waals surface area contributed by atoms with Crippen LogP contribution in [0.5, 0.6) is 0 Å². The van der Waals surface area contributed by atoms with Crippen molar-refractivity contribution in [3.63, 3.8) is 0 Å². The van der Waals surface area contributed by atoms with Gasteiger partial charge in [-0.3, -0.25) is 9.69 Å². The number of hydrogen-bond acceptors (Lipinski definition) is 3. The molecule has 2 rings (SSSR count). The zero-order chi connectivity index (χ0) is 16.3. The van der Waals surface area contributed by atoms with Crippen LogP contribution in [0.3, 0.4) is 0 Å². The first-order valence-electron chi connectivity index (χ1n) is 7.94. The van der Waals surface area contributed by atoms with Crippen molar-refractivity contribution >= 4 is 21.8 Å². The second-order valence-electron chi connectivity index (χ2n) is 6.24. The number of rotatable bonds is 4. The third kappa shape index (κ3) is 4.09. The number of carbonyl (C=O) groups is 1. The zero-order valence-electron chi connectivity index (χ0n) is 13.6. The maximum Gasteiger partial charge on any atom is 0.227 e. The lowest BCUT2D eigenvalue weighted by atomic mass is 10.0. The molecule has 22 heavy (non-hydrogen) atoms. The topological polar surface area (TPSA) is 49.6 Å². The number of piperazine rings is 1. The van der Waals surface area contributed by atoms with Gasteiger partial charge in [-0.05, 0) is 31.5 Å². The molecule has 1 fully saturated rings. The van der Waals surface area contributed by atoms with Crippen LogP contribution in [0.25, 0.3) is 0 Å². The summed E-state index contributed by atoms with van der Waals surface area (Å²) in [6.07, 6.45) is 0. The highest BCUT2D eigenvalue weighted by molar-refractivity contribution is 9.10. The summed E-state index contributed by atoms with van der Waals surface area (Å²) in [7, 11) is 0. The van der Waals surface area contributed by atoms with Gasteiger partial charge in [-0.2, -0.15) is 0 Å². The van der Waals surface area contributed by atoms with Crippen molar-refractivity contribution in [3.05, 3.63) is 34.3 Å². The maximum atomic E-state index is 12.3.